The van der Waals surface area contributed by atoms with Gasteiger partial charge in [-0.2, -0.15) is 0 Å². The molecule has 0 saturated heterocycles. The van der Waals surface area contributed by atoms with Crippen molar-refractivity contribution in [2.45, 2.75) is 19.2 Å². The highest BCUT2D eigenvalue weighted by Gasteiger charge is 2.23. The van der Waals surface area contributed by atoms with Crippen LogP contribution in [0.15, 0.2) is 6.07 Å². The third kappa shape index (κ3) is 3.03. The lowest BCUT2D eigenvalue weighted by atomic mass is 10.1. The van der Waals surface area contributed by atoms with Crippen molar-refractivity contribution in [3.63, 3.8) is 0 Å². The zero-order valence-corrected chi connectivity index (χ0v) is 9.80. The lowest BCUT2D eigenvalue weighted by molar-refractivity contribution is 0.0508. The van der Waals surface area contributed by atoms with Gasteiger partial charge in [0.05, 0.1) is 18.1 Å². The fraction of sp³-hybridized carbons (Fsp3) is 0.400. The van der Waals surface area contributed by atoms with E-state index in [1.807, 2.05) is 0 Å². The number of ether oxygens (including phenoxy) is 1. The molecule has 0 aliphatic rings. The molecular formula is C10H11ClF2N2O2. The van der Waals surface area contributed by atoms with Crippen LogP contribution in [0.3, 0.4) is 0 Å². The first kappa shape index (κ1) is 13.6. The zero-order chi connectivity index (χ0) is 13.0. The normalized spacial score (nSPS) is 10.6. The Hall–Kier alpha value is -1.43. The number of carbonyl (C=O) groups is 1. The van der Waals surface area contributed by atoms with Gasteiger partial charge >= 0.3 is 5.97 Å². The highest BCUT2D eigenvalue weighted by Crippen LogP contribution is 2.26. The number of nitrogens with two attached hydrogens (primary N) is 1. The van der Waals surface area contributed by atoms with Gasteiger partial charge in [0.15, 0.2) is 5.69 Å². The molecule has 0 bridgehead atoms. The molecule has 0 fully saturated rings. The third-order valence-electron chi connectivity index (χ3n) is 2.01. The van der Waals surface area contributed by atoms with Crippen LogP contribution in [0.2, 0.25) is 0 Å². The molecule has 1 heterocycles. The van der Waals surface area contributed by atoms with Crippen LogP contribution in [0, 0.1) is 0 Å². The Balaban J connectivity index is 3.27. The molecule has 2 N–H and O–H groups in total. The molecular weight excluding hydrogens is 254 g/mol. The fourth-order valence-corrected chi connectivity index (χ4v) is 1.44. The van der Waals surface area contributed by atoms with E-state index >= 15 is 0 Å². The average Bonchev–Trinajstić information content (AvgIpc) is 2.28. The molecule has 94 valence electrons. The topological polar surface area (TPSA) is 65.2 Å². The van der Waals surface area contributed by atoms with Crippen molar-refractivity contribution in [3.8, 4) is 0 Å². The van der Waals surface area contributed by atoms with Gasteiger partial charge in [0.25, 0.3) is 6.43 Å². The Labute approximate surface area is 102 Å². The summed E-state index contributed by atoms with van der Waals surface area (Å²) in [4.78, 5) is 15.0. The van der Waals surface area contributed by atoms with Gasteiger partial charge in [0, 0.05) is 5.56 Å². The Morgan fingerprint density at radius 2 is 2.29 bits per heavy atom. The Morgan fingerprint density at radius 1 is 1.65 bits per heavy atom. The lowest BCUT2D eigenvalue weighted by Gasteiger charge is -2.10. The van der Waals surface area contributed by atoms with E-state index in [-0.39, 0.29) is 23.9 Å². The van der Waals surface area contributed by atoms with Crippen molar-refractivity contribution in [2.75, 3.05) is 12.3 Å². The van der Waals surface area contributed by atoms with Crippen LogP contribution < -0.4 is 5.73 Å². The summed E-state index contributed by atoms with van der Waals surface area (Å²) in [5.41, 5.74) is 4.76. The van der Waals surface area contributed by atoms with Crippen molar-refractivity contribution in [2.24, 2.45) is 0 Å². The maximum absolute atomic E-state index is 12.7. The van der Waals surface area contributed by atoms with Gasteiger partial charge in [-0.1, -0.05) is 0 Å². The second-order valence-corrected chi connectivity index (χ2v) is 3.39. The minimum absolute atomic E-state index is 0.0487. The van der Waals surface area contributed by atoms with Gasteiger partial charge in [-0.05, 0) is 13.0 Å². The second kappa shape index (κ2) is 5.77. The molecule has 17 heavy (non-hydrogen) atoms. The van der Waals surface area contributed by atoms with Crippen LogP contribution in [0.4, 0.5) is 14.6 Å². The molecule has 1 rings (SSSR count). The number of alkyl halides is 3. The molecule has 1 aromatic rings. The molecule has 0 atom stereocenters. The number of rotatable bonds is 4. The number of hydrogen-bond donors (Lipinski definition) is 1. The monoisotopic (exact) mass is 264 g/mol. The number of nitrogen functional groups attached to an aromatic ring is 1. The molecule has 7 heteroatoms. The van der Waals surface area contributed by atoms with Crippen LogP contribution in [0.25, 0.3) is 0 Å². The van der Waals surface area contributed by atoms with Crippen molar-refractivity contribution < 1.29 is 18.3 Å². The van der Waals surface area contributed by atoms with Gasteiger partial charge in [0.1, 0.15) is 5.82 Å². The maximum atomic E-state index is 12.7. The zero-order valence-electron chi connectivity index (χ0n) is 9.04. The van der Waals surface area contributed by atoms with E-state index in [1.54, 1.807) is 6.92 Å². The molecule has 0 aromatic carbocycles. The standard InChI is InChI=1S/C10H11ClF2N2O2/c1-2-17-10(16)7-6(8(12)13)3-5(4-11)9(14)15-7/h3,8H,2,4H2,1H3,(H2,14,15). The van der Waals surface area contributed by atoms with E-state index < -0.39 is 23.7 Å². The predicted octanol–water partition coefficient (Wildman–Crippen LogP) is 2.52. The highest BCUT2D eigenvalue weighted by atomic mass is 35.5. The molecule has 1 aromatic heterocycles. The number of hydrogen-bond acceptors (Lipinski definition) is 4. The summed E-state index contributed by atoms with van der Waals surface area (Å²) in [7, 11) is 0. The van der Waals surface area contributed by atoms with Crippen molar-refractivity contribution in [3.05, 3.63) is 22.9 Å². The largest absolute Gasteiger partial charge is 0.461 e. The van der Waals surface area contributed by atoms with E-state index in [2.05, 4.69) is 9.72 Å². The number of anilines is 1. The molecule has 0 amide bonds. The summed E-state index contributed by atoms with van der Waals surface area (Å²) >= 11 is 5.52. The average molecular weight is 265 g/mol. The Bertz CT molecular complexity index is 427. The summed E-state index contributed by atoms with van der Waals surface area (Å²) in [5.74, 6) is -1.02. The third-order valence-corrected chi connectivity index (χ3v) is 2.30. The predicted molar refractivity (Wildman–Crippen MR) is 59.1 cm³/mol. The van der Waals surface area contributed by atoms with Gasteiger partial charge in [-0.3, -0.25) is 0 Å². The smallest absolute Gasteiger partial charge is 0.357 e. The SMILES string of the molecule is CCOC(=O)c1nc(N)c(CCl)cc1C(F)F. The van der Waals surface area contributed by atoms with Gasteiger partial charge in [0.2, 0.25) is 0 Å². The van der Waals surface area contributed by atoms with Crippen molar-refractivity contribution >= 4 is 23.4 Å². The van der Waals surface area contributed by atoms with Crippen LogP contribution in [0.5, 0.6) is 0 Å². The minimum Gasteiger partial charge on any atom is -0.461 e. The molecule has 0 unspecified atom stereocenters. The first-order chi connectivity index (χ1) is 8.01. The van der Waals surface area contributed by atoms with Crippen LogP contribution in [-0.2, 0) is 10.6 Å². The van der Waals surface area contributed by atoms with Crippen LogP contribution >= 0.6 is 11.6 Å². The lowest BCUT2D eigenvalue weighted by Crippen LogP contribution is -2.13. The second-order valence-electron chi connectivity index (χ2n) is 3.13. The van der Waals surface area contributed by atoms with E-state index in [4.69, 9.17) is 17.3 Å². The van der Waals surface area contributed by atoms with Gasteiger partial charge < -0.3 is 10.5 Å². The fourth-order valence-electron chi connectivity index (χ4n) is 1.22. The quantitative estimate of drug-likeness (QED) is 0.670. The molecule has 0 aliphatic carbocycles. The number of carbonyl (C=O) groups excluding carboxylic acids is 1. The number of nitrogens with zero attached hydrogens (tertiary/aromatic N) is 1. The van der Waals surface area contributed by atoms with Crippen molar-refractivity contribution in [1.82, 2.24) is 4.98 Å². The van der Waals surface area contributed by atoms with Crippen LogP contribution in [0.1, 0.15) is 35.0 Å². The minimum atomic E-state index is -2.84. The van der Waals surface area contributed by atoms with E-state index in [1.165, 1.54) is 0 Å². The number of aromatic nitrogens is 1. The first-order valence-corrected chi connectivity index (χ1v) is 5.35. The number of halogens is 3. The van der Waals surface area contributed by atoms with Gasteiger partial charge in [-0.25, -0.2) is 18.6 Å². The van der Waals surface area contributed by atoms with Gasteiger partial charge in [-0.15, -0.1) is 11.6 Å². The molecule has 0 spiro atoms. The summed E-state index contributed by atoms with van der Waals surface area (Å²) in [5, 5.41) is 0. The van der Waals surface area contributed by atoms with E-state index in [0.29, 0.717) is 0 Å². The maximum Gasteiger partial charge on any atom is 0.357 e. The number of esters is 1. The summed E-state index contributed by atoms with van der Waals surface area (Å²) < 4.78 is 30.1. The van der Waals surface area contributed by atoms with Crippen molar-refractivity contribution in [1.29, 1.82) is 0 Å². The molecule has 0 saturated carbocycles. The first-order valence-electron chi connectivity index (χ1n) is 4.81. The molecule has 0 radical (unpaired) electrons. The number of pyridine rings is 1. The molecule has 0 aliphatic heterocycles. The van der Waals surface area contributed by atoms with E-state index in [0.717, 1.165) is 6.07 Å². The Morgan fingerprint density at radius 3 is 2.76 bits per heavy atom. The summed E-state index contributed by atoms with van der Waals surface area (Å²) in [6, 6.07) is 1.08. The summed E-state index contributed by atoms with van der Waals surface area (Å²) in [6.45, 7) is 1.64. The highest BCUT2D eigenvalue weighted by molar-refractivity contribution is 6.17. The van der Waals surface area contributed by atoms with Crippen LogP contribution in [-0.4, -0.2) is 17.6 Å². The summed E-state index contributed by atoms with van der Waals surface area (Å²) in [6.07, 6.45) is -2.84. The Kier molecular flexibility index (Phi) is 4.62. The van der Waals surface area contributed by atoms with E-state index in [9.17, 15) is 13.6 Å². The molecule has 4 nitrogen and oxygen atoms in total.